The van der Waals surface area contributed by atoms with Crippen LogP contribution in [0.4, 0.5) is 5.69 Å². The molecule has 0 aliphatic carbocycles. The van der Waals surface area contributed by atoms with Crippen LogP contribution in [0.3, 0.4) is 0 Å². The standard InChI is InChI=1S/C15H22Br2N2/c1-3-19-8-4-5-14(19)11-18(2)13-7-6-12(10-16)15(17)9-13/h6-7,9,14H,3-5,8,10-11H2,1-2H3. The summed E-state index contributed by atoms with van der Waals surface area (Å²) in [5.41, 5.74) is 2.59. The summed E-state index contributed by atoms with van der Waals surface area (Å²) in [5.74, 6) is 0. The van der Waals surface area contributed by atoms with Gasteiger partial charge in [0.2, 0.25) is 0 Å². The number of hydrogen-bond acceptors (Lipinski definition) is 2. The van der Waals surface area contributed by atoms with Crippen LogP contribution in [0, 0.1) is 0 Å². The number of likely N-dealkylation sites (tertiary alicyclic amines) is 1. The molecule has 1 atom stereocenters. The topological polar surface area (TPSA) is 6.48 Å². The van der Waals surface area contributed by atoms with Gasteiger partial charge in [0, 0.05) is 35.1 Å². The predicted octanol–water partition coefficient (Wildman–Crippen LogP) is 4.26. The highest BCUT2D eigenvalue weighted by molar-refractivity contribution is 9.10. The molecule has 0 saturated carbocycles. The van der Waals surface area contributed by atoms with Crippen molar-refractivity contribution in [3.8, 4) is 0 Å². The molecule has 4 heteroatoms. The molecule has 1 unspecified atom stereocenters. The second-order valence-electron chi connectivity index (χ2n) is 5.21. The minimum Gasteiger partial charge on any atom is -0.373 e. The van der Waals surface area contributed by atoms with Crippen LogP contribution in [0.1, 0.15) is 25.3 Å². The van der Waals surface area contributed by atoms with Gasteiger partial charge in [0.25, 0.3) is 0 Å². The van der Waals surface area contributed by atoms with Crippen molar-refractivity contribution in [3.63, 3.8) is 0 Å². The van der Waals surface area contributed by atoms with E-state index in [4.69, 9.17) is 0 Å². The van der Waals surface area contributed by atoms with Crippen molar-refractivity contribution in [1.29, 1.82) is 0 Å². The van der Waals surface area contributed by atoms with E-state index >= 15 is 0 Å². The normalized spacial score (nSPS) is 19.9. The van der Waals surface area contributed by atoms with Crippen molar-refractivity contribution < 1.29 is 0 Å². The Morgan fingerprint density at radius 1 is 1.42 bits per heavy atom. The highest BCUT2D eigenvalue weighted by Crippen LogP contribution is 2.26. The van der Waals surface area contributed by atoms with Crippen molar-refractivity contribution in [2.24, 2.45) is 0 Å². The Labute approximate surface area is 133 Å². The Morgan fingerprint density at radius 2 is 2.21 bits per heavy atom. The molecular weight excluding hydrogens is 368 g/mol. The van der Waals surface area contributed by atoms with E-state index in [1.54, 1.807) is 0 Å². The highest BCUT2D eigenvalue weighted by Gasteiger charge is 2.24. The summed E-state index contributed by atoms with van der Waals surface area (Å²) in [6, 6.07) is 7.34. The number of hydrogen-bond donors (Lipinski definition) is 0. The average molecular weight is 390 g/mol. The zero-order valence-corrected chi connectivity index (χ0v) is 14.9. The van der Waals surface area contributed by atoms with Crippen LogP contribution in [0.15, 0.2) is 22.7 Å². The molecule has 1 aromatic carbocycles. The van der Waals surface area contributed by atoms with Crippen molar-refractivity contribution in [2.75, 3.05) is 31.6 Å². The van der Waals surface area contributed by atoms with Crippen LogP contribution in [-0.4, -0.2) is 37.6 Å². The summed E-state index contributed by atoms with van der Waals surface area (Å²) in [6.45, 7) is 5.82. The maximum atomic E-state index is 3.65. The van der Waals surface area contributed by atoms with E-state index < -0.39 is 0 Å². The van der Waals surface area contributed by atoms with E-state index in [1.165, 1.54) is 41.7 Å². The molecule has 0 N–H and O–H groups in total. The first-order valence-corrected chi connectivity index (χ1v) is 8.86. The maximum absolute atomic E-state index is 3.65. The van der Waals surface area contributed by atoms with E-state index in [-0.39, 0.29) is 0 Å². The summed E-state index contributed by atoms with van der Waals surface area (Å²) >= 11 is 7.15. The number of likely N-dealkylation sites (N-methyl/N-ethyl adjacent to an activating group) is 2. The quantitative estimate of drug-likeness (QED) is 0.694. The second kappa shape index (κ2) is 7.09. The van der Waals surface area contributed by atoms with Crippen LogP contribution >= 0.6 is 31.9 Å². The lowest BCUT2D eigenvalue weighted by molar-refractivity contribution is 0.270. The number of anilines is 1. The Bertz CT molecular complexity index is 423. The summed E-state index contributed by atoms with van der Waals surface area (Å²) in [5, 5.41) is 0.893. The van der Waals surface area contributed by atoms with E-state index in [0.29, 0.717) is 6.04 Å². The number of halogens is 2. The van der Waals surface area contributed by atoms with Gasteiger partial charge >= 0.3 is 0 Å². The van der Waals surface area contributed by atoms with Crippen molar-refractivity contribution in [3.05, 3.63) is 28.2 Å². The van der Waals surface area contributed by atoms with E-state index in [9.17, 15) is 0 Å². The van der Waals surface area contributed by atoms with Gasteiger partial charge in [0.05, 0.1) is 0 Å². The molecule has 0 aromatic heterocycles. The molecule has 1 fully saturated rings. The van der Waals surface area contributed by atoms with Gasteiger partial charge in [-0.15, -0.1) is 0 Å². The van der Waals surface area contributed by atoms with Gasteiger partial charge in [-0.25, -0.2) is 0 Å². The lowest BCUT2D eigenvalue weighted by Gasteiger charge is -2.29. The number of benzene rings is 1. The summed E-state index contributed by atoms with van der Waals surface area (Å²) in [4.78, 5) is 4.97. The van der Waals surface area contributed by atoms with Crippen molar-refractivity contribution in [1.82, 2.24) is 4.90 Å². The van der Waals surface area contributed by atoms with Crippen LogP contribution < -0.4 is 4.90 Å². The SMILES string of the molecule is CCN1CCCC1CN(C)c1ccc(CBr)c(Br)c1. The van der Waals surface area contributed by atoms with E-state index in [2.05, 4.69) is 73.8 Å². The molecule has 1 aliphatic rings. The van der Waals surface area contributed by atoms with Gasteiger partial charge in [-0.05, 0) is 43.6 Å². The third kappa shape index (κ3) is 3.73. The van der Waals surface area contributed by atoms with Crippen LogP contribution in [-0.2, 0) is 5.33 Å². The van der Waals surface area contributed by atoms with E-state index in [1.807, 2.05) is 0 Å². The minimum atomic E-state index is 0.713. The first-order chi connectivity index (χ1) is 9.15. The predicted molar refractivity (Wildman–Crippen MR) is 90.3 cm³/mol. The molecule has 1 aliphatic heterocycles. The van der Waals surface area contributed by atoms with Gasteiger partial charge < -0.3 is 4.90 Å². The molecule has 2 nitrogen and oxygen atoms in total. The smallest absolute Gasteiger partial charge is 0.0375 e. The molecule has 19 heavy (non-hydrogen) atoms. The Balaban J connectivity index is 2.03. The fourth-order valence-electron chi connectivity index (χ4n) is 2.82. The fourth-order valence-corrected chi connectivity index (χ4v) is 4.19. The van der Waals surface area contributed by atoms with Gasteiger partial charge in [-0.2, -0.15) is 0 Å². The highest BCUT2D eigenvalue weighted by atomic mass is 79.9. The molecule has 1 heterocycles. The largest absolute Gasteiger partial charge is 0.373 e. The Kier molecular flexibility index (Phi) is 5.72. The zero-order chi connectivity index (χ0) is 13.8. The van der Waals surface area contributed by atoms with Crippen molar-refractivity contribution in [2.45, 2.75) is 31.1 Å². The first kappa shape index (κ1) is 15.3. The molecule has 0 amide bonds. The number of nitrogens with zero attached hydrogens (tertiary/aromatic N) is 2. The number of alkyl halides is 1. The van der Waals surface area contributed by atoms with Crippen LogP contribution in [0.2, 0.25) is 0 Å². The number of rotatable bonds is 5. The lowest BCUT2D eigenvalue weighted by atomic mass is 10.1. The molecule has 0 bridgehead atoms. The monoisotopic (exact) mass is 388 g/mol. The van der Waals surface area contributed by atoms with Crippen LogP contribution in [0.25, 0.3) is 0 Å². The molecule has 1 saturated heterocycles. The molecule has 2 rings (SSSR count). The second-order valence-corrected chi connectivity index (χ2v) is 6.63. The first-order valence-electron chi connectivity index (χ1n) is 6.95. The molecule has 106 valence electrons. The lowest BCUT2D eigenvalue weighted by Crippen LogP contribution is -2.38. The van der Waals surface area contributed by atoms with Crippen molar-refractivity contribution >= 4 is 37.5 Å². The van der Waals surface area contributed by atoms with Gasteiger partial charge in [-0.3, -0.25) is 4.90 Å². The molecule has 0 spiro atoms. The zero-order valence-electron chi connectivity index (χ0n) is 11.7. The molecule has 0 radical (unpaired) electrons. The summed E-state index contributed by atoms with van der Waals surface area (Å²) < 4.78 is 1.19. The molecule has 1 aromatic rings. The van der Waals surface area contributed by atoms with E-state index in [0.717, 1.165) is 11.9 Å². The molecular formula is C15H22Br2N2. The van der Waals surface area contributed by atoms with Gasteiger partial charge in [0.1, 0.15) is 0 Å². The maximum Gasteiger partial charge on any atom is 0.0375 e. The third-order valence-corrected chi connectivity index (χ3v) is 5.35. The Hall–Kier alpha value is -0.0600. The van der Waals surface area contributed by atoms with Gasteiger partial charge in [-0.1, -0.05) is 44.8 Å². The third-order valence-electron chi connectivity index (χ3n) is 4.01. The van der Waals surface area contributed by atoms with Gasteiger partial charge in [0.15, 0.2) is 0 Å². The summed E-state index contributed by atoms with van der Waals surface area (Å²) in [6.07, 6.45) is 2.68. The minimum absolute atomic E-state index is 0.713. The fraction of sp³-hybridized carbons (Fsp3) is 0.600. The van der Waals surface area contributed by atoms with Crippen LogP contribution in [0.5, 0.6) is 0 Å². The average Bonchev–Trinajstić information content (AvgIpc) is 2.85. The summed E-state index contributed by atoms with van der Waals surface area (Å²) in [7, 11) is 2.20. The Morgan fingerprint density at radius 3 is 2.84 bits per heavy atom.